The summed E-state index contributed by atoms with van der Waals surface area (Å²) in [7, 11) is 0. The molecule has 29 heavy (non-hydrogen) atoms. The van der Waals surface area contributed by atoms with E-state index in [0.29, 0.717) is 29.0 Å². The lowest BCUT2D eigenvalue weighted by molar-refractivity contribution is -0.0499. The summed E-state index contributed by atoms with van der Waals surface area (Å²) in [5, 5.41) is 10.4. The van der Waals surface area contributed by atoms with Crippen LogP contribution in [0.3, 0.4) is 0 Å². The Morgan fingerprint density at radius 2 is 1.90 bits per heavy atom. The van der Waals surface area contributed by atoms with Crippen molar-refractivity contribution >= 4 is 11.9 Å². The second kappa shape index (κ2) is 8.21. The minimum Gasteiger partial charge on any atom is -0.507 e. The highest BCUT2D eigenvalue weighted by atomic mass is 19.3. The number of para-hydroxylation sites is 1. The summed E-state index contributed by atoms with van der Waals surface area (Å²) in [6.45, 7) is -0.628. The lowest BCUT2D eigenvalue weighted by Gasteiger charge is -2.27. The molecule has 0 radical (unpaired) electrons. The van der Waals surface area contributed by atoms with E-state index in [0.717, 1.165) is 25.9 Å². The molecule has 7 heteroatoms. The molecule has 1 N–H and O–H groups in total. The third kappa shape index (κ3) is 4.10. The highest BCUT2D eigenvalue weighted by Crippen LogP contribution is 2.40. The van der Waals surface area contributed by atoms with Gasteiger partial charge in [-0.15, -0.1) is 0 Å². The fraction of sp³-hybridized carbons (Fsp3) is 0.318. The standard InChI is InChI=1S/C22H21F2NO4/c23-22(24)29-18-7-3-2-6-14(18)12-19-20(27)15-8-9-17(26)16(21(15)28-19)13-25-10-4-1-5-11-25/h2-3,6-9,12,22,26H,1,4-5,10-11,13H2/b19-12-. The number of likely N-dealkylation sites (tertiary alicyclic amines) is 1. The number of rotatable bonds is 5. The van der Waals surface area contributed by atoms with Gasteiger partial charge in [-0.2, -0.15) is 8.78 Å². The van der Waals surface area contributed by atoms with Crippen LogP contribution in [0.5, 0.6) is 17.2 Å². The van der Waals surface area contributed by atoms with Crippen LogP contribution in [0, 0.1) is 0 Å². The van der Waals surface area contributed by atoms with E-state index in [-0.39, 0.29) is 23.0 Å². The van der Waals surface area contributed by atoms with Crippen molar-refractivity contribution in [2.75, 3.05) is 13.1 Å². The quantitative estimate of drug-likeness (QED) is 0.743. The number of ketones is 1. The summed E-state index contributed by atoms with van der Waals surface area (Å²) < 4.78 is 35.6. The molecule has 1 saturated heterocycles. The Bertz CT molecular complexity index is 952. The molecule has 0 spiro atoms. The van der Waals surface area contributed by atoms with E-state index < -0.39 is 6.61 Å². The van der Waals surface area contributed by atoms with Gasteiger partial charge >= 0.3 is 6.61 Å². The van der Waals surface area contributed by atoms with Crippen LogP contribution in [0.1, 0.15) is 40.7 Å². The maximum absolute atomic E-state index is 12.8. The van der Waals surface area contributed by atoms with E-state index in [4.69, 9.17) is 4.74 Å². The Morgan fingerprint density at radius 3 is 2.66 bits per heavy atom. The number of piperidine rings is 1. The molecule has 2 aliphatic rings. The van der Waals surface area contributed by atoms with E-state index in [1.165, 1.54) is 30.7 Å². The van der Waals surface area contributed by atoms with Gasteiger partial charge in [0.1, 0.15) is 17.2 Å². The highest BCUT2D eigenvalue weighted by Gasteiger charge is 2.32. The predicted octanol–water partition coefficient (Wildman–Crippen LogP) is 4.60. The number of hydrogen-bond donors (Lipinski definition) is 1. The van der Waals surface area contributed by atoms with E-state index in [1.807, 2.05) is 0 Å². The number of halogens is 2. The maximum atomic E-state index is 12.8. The number of ether oxygens (including phenoxy) is 2. The van der Waals surface area contributed by atoms with E-state index in [9.17, 15) is 18.7 Å². The first kappa shape index (κ1) is 19.4. The topological polar surface area (TPSA) is 59.0 Å². The fourth-order valence-corrected chi connectivity index (χ4v) is 3.74. The molecular formula is C22H21F2NO4. The van der Waals surface area contributed by atoms with Crippen LogP contribution in [0.2, 0.25) is 0 Å². The van der Waals surface area contributed by atoms with Crippen molar-refractivity contribution in [2.45, 2.75) is 32.4 Å². The number of carbonyl (C=O) groups excluding carboxylic acids is 1. The number of alkyl halides is 2. The molecule has 152 valence electrons. The lowest BCUT2D eigenvalue weighted by Crippen LogP contribution is -2.29. The number of allylic oxidation sites excluding steroid dienone is 1. The van der Waals surface area contributed by atoms with Crippen LogP contribution in [-0.2, 0) is 6.54 Å². The molecule has 1 fully saturated rings. The molecule has 2 heterocycles. The van der Waals surface area contributed by atoms with Crippen molar-refractivity contribution in [2.24, 2.45) is 0 Å². The van der Waals surface area contributed by atoms with Crippen molar-refractivity contribution in [3.05, 3.63) is 58.8 Å². The van der Waals surface area contributed by atoms with Crippen molar-refractivity contribution in [3.8, 4) is 17.2 Å². The average molecular weight is 401 g/mol. The molecule has 0 amide bonds. The van der Waals surface area contributed by atoms with Gasteiger partial charge in [0.15, 0.2) is 5.76 Å². The molecule has 2 aromatic rings. The van der Waals surface area contributed by atoms with Gasteiger partial charge in [-0.25, -0.2) is 0 Å². The summed E-state index contributed by atoms with van der Waals surface area (Å²) in [6, 6.07) is 9.21. The number of Topliss-reactive ketones (excluding diaryl/α,β-unsaturated/α-hetero) is 1. The number of nitrogens with zero attached hydrogens (tertiary/aromatic N) is 1. The number of phenols is 1. The summed E-state index contributed by atoms with van der Waals surface area (Å²) >= 11 is 0. The largest absolute Gasteiger partial charge is 0.507 e. The molecule has 2 aromatic carbocycles. The second-order valence-electron chi connectivity index (χ2n) is 7.13. The van der Waals surface area contributed by atoms with Gasteiger partial charge in [0.25, 0.3) is 0 Å². The molecule has 0 bridgehead atoms. The molecule has 4 rings (SSSR count). The summed E-state index contributed by atoms with van der Waals surface area (Å²) in [6.07, 6.45) is 4.78. The van der Waals surface area contributed by atoms with Gasteiger partial charge < -0.3 is 14.6 Å². The Kier molecular flexibility index (Phi) is 5.49. The number of phenolic OH excluding ortho intramolecular Hbond substituents is 1. The zero-order chi connectivity index (χ0) is 20.4. The van der Waals surface area contributed by atoms with E-state index >= 15 is 0 Å². The summed E-state index contributed by atoms with van der Waals surface area (Å²) in [4.78, 5) is 15.0. The van der Waals surface area contributed by atoms with Crippen LogP contribution in [0.4, 0.5) is 8.78 Å². The van der Waals surface area contributed by atoms with Crippen molar-refractivity contribution in [1.82, 2.24) is 4.90 Å². The normalized spacial score (nSPS) is 18.2. The molecule has 0 aromatic heterocycles. The molecule has 0 unspecified atom stereocenters. The first-order valence-electron chi connectivity index (χ1n) is 9.58. The lowest BCUT2D eigenvalue weighted by atomic mass is 10.0. The summed E-state index contributed by atoms with van der Waals surface area (Å²) in [5.41, 5.74) is 1.23. The zero-order valence-electron chi connectivity index (χ0n) is 15.7. The van der Waals surface area contributed by atoms with Gasteiger partial charge in [0.05, 0.1) is 11.1 Å². The van der Waals surface area contributed by atoms with Crippen molar-refractivity contribution in [3.63, 3.8) is 0 Å². The van der Waals surface area contributed by atoms with Crippen molar-refractivity contribution in [1.29, 1.82) is 0 Å². The number of carbonyl (C=O) groups is 1. The number of hydrogen-bond acceptors (Lipinski definition) is 5. The van der Waals surface area contributed by atoms with Crippen LogP contribution in [-0.4, -0.2) is 35.5 Å². The van der Waals surface area contributed by atoms with E-state index in [2.05, 4.69) is 9.64 Å². The van der Waals surface area contributed by atoms with Gasteiger partial charge in [-0.1, -0.05) is 24.6 Å². The highest BCUT2D eigenvalue weighted by molar-refractivity contribution is 6.15. The Labute approximate surface area is 167 Å². The molecule has 2 aliphatic heterocycles. The molecule has 0 saturated carbocycles. The fourth-order valence-electron chi connectivity index (χ4n) is 3.74. The smallest absolute Gasteiger partial charge is 0.387 e. The average Bonchev–Trinajstić information content (AvgIpc) is 3.02. The monoisotopic (exact) mass is 401 g/mol. The third-order valence-electron chi connectivity index (χ3n) is 5.17. The molecular weight excluding hydrogens is 380 g/mol. The van der Waals surface area contributed by atoms with Crippen LogP contribution in [0.15, 0.2) is 42.2 Å². The molecule has 0 aliphatic carbocycles. The molecule has 5 nitrogen and oxygen atoms in total. The second-order valence-corrected chi connectivity index (χ2v) is 7.13. The number of benzene rings is 2. The number of fused-ring (bicyclic) bond motifs is 1. The molecule has 0 atom stereocenters. The number of aromatic hydroxyl groups is 1. The van der Waals surface area contributed by atoms with E-state index in [1.54, 1.807) is 18.2 Å². The maximum Gasteiger partial charge on any atom is 0.387 e. The van der Waals surface area contributed by atoms with Crippen LogP contribution in [0.25, 0.3) is 6.08 Å². The van der Waals surface area contributed by atoms with Crippen LogP contribution < -0.4 is 9.47 Å². The minimum absolute atomic E-state index is 0.0100. The Balaban J connectivity index is 1.65. The summed E-state index contributed by atoms with van der Waals surface area (Å²) in [5.74, 6) is 0.0187. The Morgan fingerprint density at radius 1 is 1.14 bits per heavy atom. The van der Waals surface area contributed by atoms with Gasteiger partial charge in [0.2, 0.25) is 5.78 Å². The first-order valence-corrected chi connectivity index (χ1v) is 9.58. The third-order valence-corrected chi connectivity index (χ3v) is 5.17. The Hall–Kier alpha value is -2.93. The SMILES string of the molecule is O=C1/C(=C/c2ccccc2OC(F)F)Oc2c1ccc(O)c2CN1CCCCC1. The van der Waals surface area contributed by atoms with Crippen molar-refractivity contribution < 1.29 is 28.2 Å². The predicted molar refractivity (Wildman–Crippen MR) is 103 cm³/mol. The zero-order valence-corrected chi connectivity index (χ0v) is 15.7. The van der Waals surface area contributed by atoms with Gasteiger partial charge in [-0.05, 0) is 50.2 Å². The van der Waals surface area contributed by atoms with Gasteiger partial charge in [0, 0.05) is 12.1 Å². The minimum atomic E-state index is -2.97. The van der Waals surface area contributed by atoms with Gasteiger partial charge in [-0.3, -0.25) is 9.69 Å². The first-order chi connectivity index (χ1) is 14.0. The van der Waals surface area contributed by atoms with Crippen LogP contribution >= 0.6 is 0 Å².